The standard InChI is InChI=1S/C11H16N2O/c1-7(2)11(4-5-11)9-8(3)12-6-13-10(9)14/h6-7H,4-5H2,1-3H3,(H,12,13,14). The number of aryl methyl sites for hydroxylation is 1. The lowest BCUT2D eigenvalue weighted by Gasteiger charge is -2.20. The SMILES string of the molecule is Cc1nc[nH]c(=O)c1C1(C(C)C)CC1. The molecule has 0 amide bonds. The molecule has 1 aromatic rings. The molecule has 0 aromatic carbocycles. The Morgan fingerprint density at radius 1 is 1.50 bits per heavy atom. The fraction of sp³-hybridized carbons (Fsp3) is 0.636. The molecule has 1 saturated carbocycles. The van der Waals surface area contributed by atoms with Crippen LogP contribution in [0.5, 0.6) is 0 Å². The van der Waals surface area contributed by atoms with Crippen LogP contribution >= 0.6 is 0 Å². The Morgan fingerprint density at radius 3 is 2.57 bits per heavy atom. The molecule has 0 bridgehead atoms. The lowest BCUT2D eigenvalue weighted by molar-refractivity contribution is 0.472. The topological polar surface area (TPSA) is 45.8 Å². The number of hydrogen-bond acceptors (Lipinski definition) is 2. The fourth-order valence-electron chi connectivity index (χ4n) is 2.33. The second kappa shape index (κ2) is 2.94. The van der Waals surface area contributed by atoms with E-state index in [-0.39, 0.29) is 11.0 Å². The fourth-order valence-corrected chi connectivity index (χ4v) is 2.33. The van der Waals surface area contributed by atoms with Crippen molar-refractivity contribution in [2.45, 2.75) is 39.0 Å². The highest BCUT2D eigenvalue weighted by molar-refractivity contribution is 5.32. The normalized spacial score (nSPS) is 18.6. The van der Waals surface area contributed by atoms with Gasteiger partial charge in [-0.2, -0.15) is 0 Å². The molecule has 0 spiro atoms. The van der Waals surface area contributed by atoms with Crippen LogP contribution in [0.15, 0.2) is 11.1 Å². The molecule has 1 aromatic heterocycles. The molecule has 0 aliphatic heterocycles. The molecule has 1 aliphatic rings. The molecule has 1 fully saturated rings. The van der Waals surface area contributed by atoms with Gasteiger partial charge in [-0.1, -0.05) is 13.8 Å². The molecule has 0 atom stereocenters. The van der Waals surface area contributed by atoms with Gasteiger partial charge in [-0.3, -0.25) is 4.79 Å². The van der Waals surface area contributed by atoms with E-state index in [9.17, 15) is 4.79 Å². The molecule has 1 heterocycles. The van der Waals surface area contributed by atoms with E-state index >= 15 is 0 Å². The minimum Gasteiger partial charge on any atom is -0.313 e. The summed E-state index contributed by atoms with van der Waals surface area (Å²) in [5.74, 6) is 0.520. The monoisotopic (exact) mass is 192 g/mol. The molecule has 3 nitrogen and oxygen atoms in total. The molecular formula is C11H16N2O. The molecule has 14 heavy (non-hydrogen) atoms. The van der Waals surface area contributed by atoms with Crippen molar-refractivity contribution < 1.29 is 0 Å². The van der Waals surface area contributed by atoms with Gasteiger partial charge in [0.05, 0.1) is 6.33 Å². The minimum atomic E-state index is 0.0451. The van der Waals surface area contributed by atoms with E-state index in [2.05, 4.69) is 23.8 Å². The number of rotatable bonds is 2. The van der Waals surface area contributed by atoms with E-state index in [0.29, 0.717) is 5.92 Å². The molecule has 3 heteroatoms. The van der Waals surface area contributed by atoms with Gasteiger partial charge in [0.1, 0.15) is 0 Å². The Bertz CT molecular complexity index is 402. The van der Waals surface area contributed by atoms with E-state index in [1.807, 2.05) is 6.92 Å². The maximum absolute atomic E-state index is 11.7. The van der Waals surface area contributed by atoms with E-state index < -0.39 is 0 Å². The van der Waals surface area contributed by atoms with Crippen molar-refractivity contribution >= 4 is 0 Å². The predicted octanol–water partition coefficient (Wildman–Crippen LogP) is 1.77. The van der Waals surface area contributed by atoms with Gasteiger partial charge in [0.15, 0.2) is 0 Å². The van der Waals surface area contributed by atoms with E-state index in [0.717, 1.165) is 24.1 Å². The van der Waals surface area contributed by atoms with E-state index in [4.69, 9.17) is 0 Å². The Kier molecular flexibility index (Phi) is 1.98. The average Bonchev–Trinajstić information content (AvgIpc) is 2.85. The second-order valence-electron chi connectivity index (χ2n) is 4.50. The van der Waals surface area contributed by atoms with Crippen LogP contribution in [0.1, 0.15) is 37.9 Å². The number of H-pyrrole nitrogens is 1. The third-order valence-corrected chi connectivity index (χ3v) is 3.43. The summed E-state index contributed by atoms with van der Waals surface area (Å²) in [6.45, 7) is 6.28. The Labute approximate surface area is 83.6 Å². The van der Waals surface area contributed by atoms with Crippen molar-refractivity contribution in [3.8, 4) is 0 Å². The minimum absolute atomic E-state index is 0.0451. The summed E-state index contributed by atoms with van der Waals surface area (Å²) in [4.78, 5) is 18.6. The number of nitrogens with one attached hydrogen (secondary N) is 1. The largest absolute Gasteiger partial charge is 0.313 e. The number of aromatic nitrogens is 2. The number of hydrogen-bond donors (Lipinski definition) is 1. The van der Waals surface area contributed by atoms with Crippen molar-refractivity contribution in [1.29, 1.82) is 0 Å². The summed E-state index contributed by atoms with van der Waals surface area (Å²) in [6.07, 6.45) is 3.73. The van der Waals surface area contributed by atoms with Crippen LogP contribution in [0.3, 0.4) is 0 Å². The molecule has 0 radical (unpaired) electrons. The van der Waals surface area contributed by atoms with Gasteiger partial charge in [-0.25, -0.2) is 4.98 Å². The first-order chi connectivity index (χ1) is 6.58. The van der Waals surface area contributed by atoms with Gasteiger partial charge in [-0.15, -0.1) is 0 Å². The second-order valence-corrected chi connectivity index (χ2v) is 4.50. The van der Waals surface area contributed by atoms with Crippen molar-refractivity contribution in [1.82, 2.24) is 9.97 Å². The third kappa shape index (κ3) is 1.19. The number of nitrogens with zero attached hydrogens (tertiary/aromatic N) is 1. The van der Waals surface area contributed by atoms with Crippen molar-refractivity contribution in [2.75, 3.05) is 0 Å². The van der Waals surface area contributed by atoms with Crippen LogP contribution in [0, 0.1) is 12.8 Å². The Balaban J connectivity index is 2.57. The first-order valence-corrected chi connectivity index (χ1v) is 5.13. The van der Waals surface area contributed by atoms with Crippen LogP contribution in [-0.4, -0.2) is 9.97 Å². The van der Waals surface area contributed by atoms with Crippen LogP contribution < -0.4 is 5.56 Å². The van der Waals surface area contributed by atoms with Gasteiger partial charge in [0.2, 0.25) is 0 Å². The van der Waals surface area contributed by atoms with Crippen molar-refractivity contribution in [3.63, 3.8) is 0 Å². The highest BCUT2D eigenvalue weighted by Gasteiger charge is 2.49. The van der Waals surface area contributed by atoms with Crippen molar-refractivity contribution in [3.05, 3.63) is 27.9 Å². The summed E-state index contributed by atoms with van der Waals surface area (Å²) in [6, 6.07) is 0. The van der Waals surface area contributed by atoms with Gasteiger partial charge >= 0.3 is 0 Å². The lowest BCUT2D eigenvalue weighted by atomic mass is 9.85. The molecule has 1 N–H and O–H groups in total. The summed E-state index contributed by atoms with van der Waals surface area (Å²) >= 11 is 0. The molecule has 1 aliphatic carbocycles. The summed E-state index contributed by atoms with van der Waals surface area (Å²) in [7, 11) is 0. The first-order valence-electron chi connectivity index (χ1n) is 5.13. The smallest absolute Gasteiger partial charge is 0.254 e. The summed E-state index contributed by atoms with van der Waals surface area (Å²) < 4.78 is 0. The van der Waals surface area contributed by atoms with Crippen LogP contribution in [-0.2, 0) is 5.41 Å². The maximum atomic E-state index is 11.7. The molecular weight excluding hydrogens is 176 g/mol. The van der Waals surface area contributed by atoms with Gasteiger partial charge in [-0.05, 0) is 25.7 Å². The summed E-state index contributed by atoms with van der Waals surface area (Å²) in [5.41, 5.74) is 1.96. The average molecular weight is 192 g/mol. The zero-order valence-corrected chi connectivity index (χ0v) is 8.92. The van der Waals surface area contributed by atoms with E-state index in [1.54, 1.807) is 0 Å². The molecule has 2 rings (SSSR count). The molecule has 0 saturated heterocycles. The quantitative estimate of drug-likeness (QED) is 0.776. The zero-order valence-electron chi connectivity index (χ0n) is 8.92. The van der Waals surface area contributed by atoms with Gasteiger partial charge < -0.3 is 4.98 Å². The van der Waals surface area contributed by atoms with E-state index in [1.165, 1.54) is 6.33 Å². The molecule has 0 unspecified atom stereocenters. The maximum Gasteiger partial charge on any atom is 0.254 e. The summed E-state index contributed by atoms with van der Waals surface area (Å²) in [5, 5.41) is 0. The van der Waals surface area contributed by atoms with Crippen LogP contribution in [0.2, 0.25) is 0 Å². The van der Waals surface area contributed by atoms with Crippen LogP contribution in [0.4, 0.5) is 0 Å². The van der Waals surface area contributed by atoms with Crippen LogP contribution in [0.25, 0.3) is 0 Å². The number of aromatic amines is 1. The highest BCUT2D eigenvalue weighted by atomic mass is 16.1. The van der Waals surface area contributed by atoms with Gasteiger partial charge in [0, 0.05) is 16.7 Å². The predicted molar refractivity (Wildman–Crippen MR) is 55.3 cm³/mol. The van der Waals surface area contributed by atoms with Crippen molar-refractivity contribution in [2.24, 2.45) is 5.92 Å². The highest BCUT2D eigenvalue weighted by Crippen LogP contribution is 2.53. The molecule has 76 valence electrons. The lowest BCUT2D eigenvalue weighted by Crippen LogP contribution is -2.27. The third-order valence-electron chi connectivity index (χ3n) is 3.43. The first kappa shape index (κ1) is 9.44. The zero-order chi connectivity index (χ0) is 10.3. The Morgan fingerprint density at radius 2 is 2.14 bits per heavy atom. The van der Waals surface area contributed by atoms with Gasteiger partial charge in [0.25, 0.3) is 5.56 Å². The Hall–Kier alpha value is -1.12.